The van der Waals surface area contributed by atoms with Crippen LogP contribution in [0.2, 0.25) is 0 Å². The van der Waals surface area contributed by atoms with Gasteiger partial charge in [0.2, 0.25) is 0 Å². The summed E-state index contributed by atoms with van der Waals surface area (Å²) >= 11 is 0. The van der Waals surface area contributed by atoms with Crippen LogP contribution < -0.4 is 10.5 Å². The van der Waals surface area contributed by atoms with E-state index in [0.29, 0.717) is 16.9 Å². The average Bonchev–Trinajstić information content (AvgIpc) is 2.53. The number of nitrogens with zero attached hydrogens (tertiary/aromatic N) is 2. The molecule has 1 heterocycles. The van der Waals surface area contributed by atoms with Gasteiger partial charge in [0.1, 0.15) is 5.75 Å². The van der Waals surface area contributed by atoms with Crippen molar-refractivity contribution in [1.29, 1.82) is 0 Å². The molecule has 1 aromatic heterocycles. The number of hydrogen-bond acceptors (Lipinski definition) is 5. The molecule has 0 atom stereocenters. The molecular weight excluding hydrogens is 258 g/mol. The summed E-state index contributed by atoms with van der Waals surface area (Å²) < 4.78 is 5.02. The van der Waals surface area contributed by atoms with E-state index in [9.17, 15) is 4.79 Å². The Labute approximate surface area is 115 Å². The van der Waals surface area contributed by atoms with Crippen molar-refractivity contribution in [3.05, 3.63) is 59.9 Å². The highest BCUT2D eigenvalue weighted by Gasteiger charge is 2.09. The predicted molar refractivity (Wildman–Crippen MR) is 73.4 cm³/mol. The van der Waals surface area contributed by atoms with Crippen molar-refractivity contribution in [2.45, 2.75) is 0 Å². The summed E-state index contributed by atoms with van der Waals surface area (Å²) in [7, 11) is 1.52. The van der Waals surface area contributed by atoms with Crippen LogP contribution in [0.25, 0.3) is 0 Å². The normalized spacial score (nSPS) is 10.9. The van der Waals surface area contributed by atoms with Crippen molar-refractivity contribution in [2.75, 3.05) is 7.11 Å². The number of amidine groups is 1. The molecule has 6 nitrogen and oxygen atoms in total. The highest BCUT2D eigenvalue weighted by atomic mass is 16.7. The maximum Gasteiger partial charge on any atom is 0.365 e. The highest BCUT2D eigenvalue weighted by molar-refractivity contribution is 5.97. The number of nitrogens with two attached hydrogens (primary N) is 1. The van der Waals surface area contributed by atoms with Crippen molar-refractivity contribution in [1.82, 2.24) is 4.98 Å². The van der Waals surface area contributed by atoms with Crippen molar-refractivity contribution < 1.29 is 14.4 Å². The molecule has 2 N–H and O–H groups in total. The first-order chi connectivity index (χ1) is 9.70. The monoisotopic (exact) mass is 271 g/mol. The third-order valence-electron chi connectivity index (χ3n) is 2.49. The van der Waals surface area contributed by atoms with Crippen LogP contribution in [0.3, 0.4) is 0 Å². The fraction of sp³-hybridized carbons (Fsp3) is 0.0714. The number of rotatable bonds is 4. The van der Waals surface area contributed by atoms with E-state index in [1.165, 1.54) is 13.3 Å². The second-order valence-corrected chi connectivity index (χ2v) is 3.83. The fourth-order valence-corrected chi connectivity index (χ4v) is 1.46. The molecule has 2 rings (SSSR count). The van der Waals surface area contributed by atoms with Gasteiger partial charge in [-0.1, -0.05) is 11.2 Å². The van der Waals surface area contributed by atoms with E-state index in [4.69, 9.17) is 15.3 Å². The molecule has 0 aliphatic heterocycles. The third kappa shape index (κ3) is 3.32. The second kappa shape index (κ2) is 6.33. The molecule has 1 aromatic carbocycles. The van der Waals surface area contributed by atoms with Crippen LogP contribution >= 0.6 is 0 Å². The van der Waals surface area contributed by atoms with Gasteiger partial charge in [0.25, 0.3) is 0 Å². The highest BCUT2D eigenvalue weighted by Crippen LogP contribution is 2.13. The lowest BCUT2D eigenvalue weighted by atomic mass is 10.2. The number of carbonyl (C=O) groups excluding carboxylic acids is 1. The number of aromatic nitrogens is 1. The molecular formula is C14H13N3O3. The van der Waals surface area contributed by atoms with E-state index >= 15 is 0 Å². The molecule has 0 aliphatic carbocycles. The standard InChI is InChI=1S/C14H13N3O3/c1-19-12-6-2-4-10(8-12)14(18)20-17-13(15)11-5-3-7-16-9-11/h2-9H,1H3,(H2,15,17). The van der Waals surface area contributed by atoms with Gasteiger partial charge in [-0.15, -0.1) is 0 Å². The first-order valence-electron chi connectivity index (χ1n) is 5.80. The Hall–Kier alpha value is -2.89. The molecule has 0 spiro atoms. The topological polar surface area (TPSA) is 86.8 Å². The number of methoxy groups -OCH3 is 1. The lowest BCUT2D eigenvalue weighted by Crippen LogP contribution is -2.15. The van der Waals surface area contributed by atoms with Gasteiger partial charge in [0, 0.05) is 18.0 Å². The lowest BCUT2D eigenvalue weighted by molar-refractivity contribution is 0.0515. The van der Waals surface area contributed by atoms with Crippen molar-refractivity contribution in [3.63, 3.8) is 0 Å². The zero-order valence-electron chi connectivity index (χ0n) is 10.8. The van der Waals surface area contributed by atoms with Crippen LogP contribution in [0.1, 0.15) is 15.9 Å². The van der Waals surface area contributed by atoms with Crippen molar-refractivity contribution in [2.24, 2.45) is 10.9 Å². The summed E-state index contributed by atoms with van der Waals surface area (Å²) in [5.74, 6) is 0.0220. The molecule has 0 unspecified atom stereocenters. The molecule has 0 bridgehead atoms. The number of ether oxygens (including phenoxy) is 1. The minimum absolute atomic E-state index is 0.0781. The molecule has 0 saturated heterocycles. The first-order valence-corrected chi connectivity index (χ1v) is 5.80. The first kappa shape index (κ1) is 13.5. The maximum absolute atomic E-state index is 11.8. The quantitative estimate of drug-likeness (QED) is 0.395. The summed E-state index contributed by atoms with van der Waals surface area (Å²) in [6.45, 7) is 0. The minimum atomic E-state index is -0.615. The minimum Gasteiger partial charge on any atom is -0.497 e. The Morgan fingerprint density at radius 1 is 1.25 bits per heavy atom. The predicted octanol–water partition coefficient (Wildman–Crippen LogP) is 1.57. The Morgan fingerprint density at radius 3 is 2.75 bits per heavy atom. The lowest BCUT2D eigenvalue weighted by Gasteiger charge is -2.03. The van der Waals surface area contributed by atoms with Gasteiger partial charge < -0.3 is 15.3 Å². The smallest absolute Gasteiger partial charge is 0.365 e. The molecule has 0 saturated carbocycles. The van der Waals surface area contributed by atoms with Gasteiger partial charge in [-0.2, -0.15) is 0 Å². The number of pyridine rings is 1. The van der Waals surface area contributed by atoms with E-state index in [1.54, 1.807) is 42.6 Å². The molecule has 20 heavy (non-hydrogen) atoms. The molecule has 0 radical (unpaired) electrons. The summed E-state index contributed by atoms with van der Waals surface area (Å²) in [5.41, 5.74) is 6.59. The van der Waals surface area contributed by atoms with Gasteiger partial charge in [0.05, 0.1) is 12.7 Å². The summed E-state index contributed by atoms with van der Waals surface area (Å²) in [6.07, 6.45) is 3.14. The third-order valence-corrected chi connectivity index (χ3v) is 2.49. The molecule has 0 aliphatic rings. The molecule has 0 fully saturated rings. The van der Waals surface area contributed by atoms with Crippen LogP contribution in [0.5, 0.6) is 5.75 Å². The van der Waals surface area contributed by atoms with Crippen LogP contribution in [-0.4, -0.2) is 23.9 Å². The van der Waals surface area contributed by atoms with Gasteiger partial charge in [0.15, 0.2) is 5.84 Å². The molecule has 0 amide bonds. The summed E-state index contributed by atoms with van der Waals surface area (Å²) in [4.78, 5) is 20.5. The maximum atomic E-state index is 11.8. The van der Waals surface area contributed by atoms with Crippen LogP contribution in [0, 0.1) is 0 Å². The number of carbonyl (C=O) groups is 1. The Bertz CT molecular complexity index is 627. The molecule has 2 aromatic rings. The van der Waals surface area contributed by atoms with Gasteiger partial charge in [-0.25, -0.2) is 4.79 Å². The average molecular weight is 271 g/mol. The van der Waals surface area contributed by atoms with Gasteiger partial charge in [-0.3, -0.25) is 4.98 Å². The number of oxime groups is 1. The Morgan fingerprint density at radius 2 is 2.05 bits per heavy atom. The van der Waals surface area contributed by atoms with E-state index in [-0.39, 0.29) is 5.84 Å². The summed E-state index contributed by atoms with van der Waals surface area (Å²) in [6, 6.07) is 9.99. The van der Waals surface area contributed by atoms with Crippen LogP contribution in [0.15, 0.2) is 53.9 Å². The van der Waals surface area contributed by atoms with E-state index in [0.717, 1.165) is 0 Å². The second-order valence-electron chi connectivity index (χ2n) is 3.83. The zero-order chi connectivity index (χ0) is 14.4. The zero-order valence-corrected chi connectivity index (χ0v) is 10.8. The van der Waals surface area contributed by atoms with Crippen LogP contribution in [0.4, 0.5) is 0 Å². The van der Waals surface area contributed by atoms with Crippen LogP contribution in [-0.2, 0) is 4.84 Å². The Kier molecular flexibility index (Phi) is 4.28. The largest absolute Gasteiger partial charge is 0.497 e. The van der Waals surface area contributed by atoms with E-state index in [2.05, 4.69) is 10.1 Å². The molecule has 6 heteroatoms. The Balaban J connectivity index is 2.08. The van der Waals surface area contributed by atoms with Gasteiger partial charge in [-0.05, 0) is 30.3 Å². The van der Waals surface area contributed by atoms with Crippen molar-refractivity contribution >= 4 is 11.8 Å². The van der Waals surface area contributed by atoms with Gasteiger partial charge >= 0.3 is 5.97 Å². The number of benzene rings is 1. The van der Waals surface area contributed by atoms with E-state index < -0.39 is 5.97 Å². The SMILES string of the molecule is COc1cccc(C(=O)O/N=C(/N)c2cccnc2)c1. The summed E-state index contributed by atoms with van der Waals surface area (Å²) in [5, 5.41) is 3.59. The molecule has 102 valence electrons. The fourth-order valence-electron chi connectivity index (χ4n) is 1.46. The number of hydrogen-bond donors (Lipinski definition) is 1. The van der Waals surface area contributed by atoms with E-state index in [1.807, 2.05) is 0 Å². The van der Waals surface area contributed by atoms with Crippen molar-refractivity contribution in [3.8, 4) is 5.75 Å².